The Kier molecular flexibility index (Phi) is 7.46. The summed E-state index contributed by atoms with van der Waals surface area (Å²) in [6, 6.07) is 11.3. The summed E-state index contributed by atoms with van der Waals surface area (Å²) in [6.07, 6.45) is 1.37. The van der Waals surface area contributed by atoms with E-state index in [2.05, 4.69) is 28.1 Å². The first-order valence-corrected chi connectivity index (χ1v) is 13.2. The van der Waals surface area contributed by atoms with Gasteiger partial charge in [0.2, 0.25) is 5.16 Å². The highest BCUT2D eigenvalue weighted by Gasteiger charge is 2.21. The van der Waals surface area contributed by atoms with Crippen LogP contribution in [-0.2, 0) is 10.8 Å². The number of pyridine rings is 1. The molecule has 0 aliphatic carbocycles. The van der Waals surface area contributed by atoms with E-state index >= 15 is 0 Å². The first kappa shape index (κ1) is 26.1. The third-order valence-corrected chi connectivity index (χ3v) is 6.62. The van der Waals surface area contributed by atoms with Crippen molar-refractivity contribution in [1.29, 1.82) is 0 Å². The van der Waals surface area contributed by atoms with E-state index in [4.69, 9.17) is 5.73 Å². The second-order valence-corrected chi connectivity index (χ2v) is 10.1. The van der Waals surface area contributed by atoms with Gasteiger partial charge in [-0.1, -0.05) is 43.1 Å². The Morgan fingerprint density at radius 2 is 1.86 bits per heavy atom. The van der Waals surface area contributed by atoms with Gasteiger partial charge in [0.15, 0.2) is 10.8 Å². The summed E-state index contributed by atoms with van der Waals surface area (Å²) in [5.74, 6) is -1.90. The van der Waals surface area contributed by atoms with E-state index in [-0.39, 0.29) is 16.0 Å². The van der Waals surface area contributed by atoms with Crippen LogP contribution in [0.2, 0.25) is 0 Å². The molecule has 2 N–H and O–H groups in total. The van der Waals surface area contributed by atoms with Crippen LogP contribution < -0.4 is 11.3 Å². The minimum absolute atomic E-state index is 0.0834. The number of hydrogen-bond acceptors (Lipinski definition) is 6. The molecule has 0 bridgehead atoms. The number of aromatic nitrogens is 3. The number of nitrogens with two attached hydrogens (primary N) is 1. The van der Waals surface area contributed by atoms with E-state index in [0.717, 1.165) is 34.0 Å². The minimum Gasteiger partial charge on any atom is -0.378 e. The molecule has 11 heteroatoms. The van der Waals surface area contributed by atoms with Crippen molar-refractivity contribution in [3.8, 4) is 16.9 Å². The first-order valence-electron chi connectivity index (χ1n) is 10.8. The second-order valence-electron chi connectivity index (χ2n) is 7.83. The van der Waals surface area contributed by atoms with Crippen molar-refractivity contribution in [3.63, 3.8) is 0 Å². The average molecular weight is 538 g/mol. The number of aliphatic imine (C=N–C) groups is 1. The van der Waals surface area contributed by atoms with Crippen molar-refractivity contribution < 1.29 is 13.0 Å². The highest BCUT2D eigenvalue weighted by Crippen LogP contribution is 2.32. The van der Waals surface area contributed by atoms with Crippen LogP contribution in [0.5, 0.6) is 0 Å². The standard InChI is InChI=1S/C26H21F2N5O2S2/c1-5-36-25(29)30-15(3)16-10-9-14(2)18(13-16)22-17-11-12-21(34)33(23-19(27)7-6-8-20(23)28)24(17)32-26(31-22)37(4)35/h5-13H,1,3H2,2,4H3,(H2,29,30). The molecule has 0 fully saturated rings. The second kappa shape index (κ2) is 10.6. The van der Waals surface area contributed by atoms with E-state index in [0.29, 0.717) is 27.9 Å². The number of thioether (sulfide) groups is 1. The maximum Gasteiger partial charge on any atom is 0.256 e. The number of rotatable bonds is 6. The van der Waals surface area contributed by atoms with Crippen molar-refractivity contribution >= 4 is 44.5 Å². The summed E-state index contributed by atoms with van der Waals surface area (Å²) >= 11 is 1.15. The van der Waals surface area contributed by atoms with Gasteiger partial charge in [0.05, 0.1) is 22.2 Å². The largest absolute Gasteiger partial charge is 0.378 e. The number of amidine groups is 1. The zero-order valence-corrected chi connectivity index (χ0v) is 21.5. The van der Waals surface area contributed by atoms with Gasteiger partial charge in [-0.25, -0.2) is 23.7 Å². The zero-order valence-electron chi connectivity index (χ0n) is 19.9. The number of halogens is 2. The van der Waals surface area contributed by atoms with Crippen LogP contribution in [0.3, 0.4) is 0 Å². The summed E-state index contributed by atoms with van der Waals surface area (Å²) < 4.78 is 42.8. The molecular weight excluding hydrogens is 516 g/mol. The zero-order chi connectivity index (χ0) is 26.9. The number of aryl methyl sites for hydroxylation is 1. The van der Waals surface area contributed by atoms with Crippen LogP contribution in [-0.4, -0.2) is 30.2 Å². The van der Waals surface area contributed by atoms with Gasteiger partial charge in [0.1, 0.15) is 17.3 Å². The first-order chi connectivity index (χ1) is 17.6. The fraction of sp³-hybridized carbons (Fsp3) is 0.0769. The monoisotopic (exact) mass is 537 g/mol. The molecule has 0 spiro atoms. The Bertz CT molecular complexity index is 1680. The van der Waals surface area contributed by atoms with Crippen LogP contribution >= 0.6 is 11.8 Å². The highest BCUT2D eigenvalue weighted by molar-refractivity contribution is 8.16. The lowest BCUT2D eigenvalue weighted by atomic mass is 9.99. The third-order valence-electron chi connectivity index (χ3n) is 5.42. The molecule has 2 aromatic heterocycles. The summed E-state index contributed by atoms with van der Waals surface area (Å²) in [5, 5.41) is 2.03. The quantitative estimate of drug-likeness (QED) is 0.212. The minimum atomic E-state index is -1.68. The number of hydrogen-bond donors (Lipinski definition) is 1. The number of para-hydroxylation sites is 1. The van der Waals surface area contributed by atoms with Crippen LogP contribution in [0.15, 0.2) is 82.0 Å². The van der Waals surface area contributed by atoms with Gasteiger partial charge in [-0.2, -0.15) is 0 Å². The molecule has 0 amide bonds. The fourth-order valence-corrected chi connectivity index (χ4v) is 4.48. The Hall–Kier alpha value is -3.96. The SMILES string of the molecule is C=CSC(N)=NC(=C)c1ccc(C)c(-c2nc(S(C)=O)nc3c2ccc(=O)n3-c2c(F)cccc2F)c1. The lowest BCUT2D eigenvalue weighted by Gasteiger charge is -2.15. The molecule has 0 radical (unpaired) electrons. The maximum atomic E-state index is 14.7. The average Bonchev–Trinajstić information content (AvgIpc) is 2.84. The summed E-state index contributed by atoms with van der Waals surface area (Å²) in [5.41, 5.74) is 7.22. The molecule has 0 saturated carbocycles. The van der Waals surface area contributed by atoms with Crippen molar-refractivity contribution in [2.45, 2.75) is 12.1 Å². The predicted molar refractivity (Wildman–Crippen MR) is 146 cm³/mol. The smallest absolute Gasteiger partial charge is 0.256 e. The molecule has 7 nitrogen and oxygen atoms in total. The van der Waals surface area contributed by atoms with E-state index < -0.39 is 33.7 Å². The molecule has 0 aliphatic heterocycles. The van der Waals surface area contributed by atoms with Gasteiger partial charge in [0, 0.05) is 28.8 Å². The van der Waals surface area contributed by atoms with Gasteiger partial charge in [-0.3, -0.25) is 13.6 Å². The molecule has 4 aromatic rings. The Balaban J connectivity index is 2.06. The number of benzene rings is 2. The Morgan fingerprint density at radius 1 is 1.16 bits per heavy atom. The molecule has 2 aromatic carbocycles. The lowest BCUT2D eigenvalue weighted by Crippen LogP contribution is -2.21. The lowest BCUT2D eigenvalue weighted by molar-refractivity contribution is 0.568. The van der Waals surface area contributed by atoms with Crippen LogP contribution in [0, 0.1) is 18.6 Å². The van der Waals surface area contributed by atoms with Crippen LogP contribution in [0.4, 0.5) is 8.78 Å². The van der Waals surface area contributed by atoms with Crippen molar-refractivity contribution in [2.24, 2.45) is 10.7 Å². The molecular formula is C26H21F2N5O2S2. The van der Waals surface area contributed by atoms with Crippen molar-refractivity contribution in [1.82, 2.24) is 14.5 Å². The van der Waals surface area contributed by atoms with Gasteiger partial charge in [-0.15, -0.1) is 0 Å². The topological polar surface area (TPSA) is 103 Å². The Morgan fingerprint density at radius 3 is 2.51 bits per heavy atom. The molecule has 1 unspecified atom stereocenters. The molecule has 2 heterocycles. The number of nitrogens with zero attached hydrogens (tertiary/aromatic N) is 4. The number of fused-ring (bicyclic) bond motifs is 1. The van der Waals surface area contributed by atoms with Gasteiger partial charge in [0.25, 0.3) is 5.56 Å². The molecule has 1 atom stereocenters. The summed E-state index contributed by atoms with van der Waals surface area (Å²) in [6.45, 7) is 9.43. The molecule has 37 heavy (non-hydrogen) atoms. The highest BCUT2D eigenvalue weighted by atomic mass is 32.2. The third kappa shape index (κ3) is 5.13. The van der Waals surface area contributed by atoms with Crippen molar-refractivity contribution in [3.05, 3.63) is 100 Å². The molecule has 0 saturated heterocycles. The van der Waals surface area contributed by atoms with E-state index in [1.807, 2.05) is 19.1 Å². The van der Waals surface area contributed by atoms with Crippen LogP contribution in [0.1, 0.15) is 11.1 Å². The van der Waals surface area contributed by atoms with Gasteiger partial charge in [-0.05, 0) is 42.2 Å². The normalized spacial score (nSPS) is 12.5. The van der Waals surface area contributed by atoms with Gasteiger partial charge >= 0.3 is 0 Å². The molecule has 4 rings (SSSR count). The van der Waals surface area contributed by atoms with E-state index in [9.17, 15) is 17.8 Å². The predicted octanol–water partition coefficient (Wildman–Crippen LogP) is 4.93. The fourth-order valence-electron chi connectivity index (χ4n) is 3.71. The molecule has 188 valence electrons. The van der Waals surface area contributed by atoms with E-state index in [1.165, 1.54) is 24.5 Å². The maximum absolute atomic E-state index is 14.7. The summed E-state index contributed by atoms with van der Waals surface area (Å²) in [7, 11) is -1.68. The van der Waals surface area contributed by atoms with Crippen molar-refractivity contribution in [2.75, 3.05) is 6.26 Å². The van der Waals surface area contributed by atoms with E-state index in [1.54, 1.807) is 11.5 Å². The molecule has 0 aliphatic rings. The summed E-state index contributed by atoms with van der Waals surface area (Å²) in [4.78, 5) is 25.9. The Labute approximate surface area is 217 Å². The van der Waals surface area contributed by atoms with Crippen LogP contribution in [0.25, 0.3) is 33.7 Å². The van der Waals surface area contributed by atoms with Gasteiger partial charge < -0.3 is 5.73 Å².